The summed E-state index contributed by atoms with van der Waals surface area (Å²) in [4.78, 5) is 30.7. The van der Waals surface area contributed by atoms with Gasteiger partial charge in [-0.2, -0.15) is 0 Å². The molecule has 0 unspecified atom stereocenters. The molecule has 0 bridgehead atoms. The molecule has 0 N–H and O–H groups in total. The highest BCUT2D eigenvalue weighted by Gasteiger charge is 2.39. The number of nitrogens with zero attached hydrogens (tertiary/aromatic N) is 3. The molecule has 0 spiro atoms. The lowest BCUT2D eigenvalue weighted by atomic mass is 10.3. The van der Waals surface area contributed by atoms with E-state index in [1.165, 1.54) is 16.2 Å². The molecule has 0 aromatic carbocycles. The van der Waals surface area contributed by atoms with Gasteiger partial charge >= 0.3 is 6.03 Å². The molecule has 2 rings (SSSR count). The third-order valence-corrected chi connectivity index (χ3v) is 3.45. The van der Waals surface area contributed by atoms with Crippen LogP contribution in [-0.2, 0) is 4.79 Å². The van der Waals surface area contributed by atoms with Gasteiger partial charge in [-0.05, 0) is 20.8 Å². The van der Waals surface area contributed by atoms with Crippen molar-refractivity contribution in [1.82, 2.24) is 9.88 Å². The average molecular weight is 239 g/mol. The van der Waals surface area contributed by atoms with E-state index < -0.39 is 0 Å². The Morgan fingerprint density at radius 1 is 1.44 bits per heavy atom. The summed E-state index contributed by atoms with van der Waals surface area (Å²) in [6.07, 6.45) is 0. The van der Waals surface area contributed by atoms with E-state index in [-0.39, 0.29) is 24.5 Å². The number of imide groups is 1. The van der Waals surface area contributed by atoms with Gasteiger partial charge in [0.1, 0.15) is 11.5 Å². The van der Waals surface area contributed by atoms with Crippen LogP contribution in [-0.4, -0.2) is 34.4 Å². The Morgan fingerprint density at radius 2 is 2.12 bits per heavy atom. The Hall–Kier alpha value is -1.43. The maximum Gasteiger partial charge on any atom is 0.332 e. The molecular weight excluding hydrogens is 226 g/mol. The Bertz CT molecular complexity index is 441. The molecule has 1 aromatic heterocycles. The fraction of sp³-hybridized carbons (Fsp3) is 0.500. The molecule has 2 heterocycles. The van der Waals surface area contributed by atoms with Gasteiger partial charge in [0.15, 0.2) is 0 Å². The van der Waals surface area contributed by atoms with E-state index in [2.05, 4.69) is 4.98 Å². The molecule has 1 aliphatic rings. The average Bonchev–Trinajstić information content (AvgIpc) is 2.71. The van der Waals surface area contributed by atoms with Crippen LogP contribution in [0.1, 0.15) is 19.5 Å². The van der Waals surface area contributed by atoms with Gasteiger partial charge in [-0.15, -0.1) is 11.3 Å². The van der Waals surface area contributed by atoms with Crippen LogP contribution in [0, 0.1) is 6.92 Å². The zero-order valence-electron chi connectivity index (χ0n) is 9.43. The minimum atomic E-state index is -0.243. The van der Waals surface area contributed by atoms with Crippen molar-refractivity contribution in [3.63, 3.8) is 0 Å². The SMILES string of the molecule is Cc1ncsc1N1C(=O)CN(C(C)C)C1=O. The number of thiazole rings is 1. The highest BCUT2D eigenvalue weighted by molar-refractivity contribution is 7.14. The normalized spacial score (nSPS) is 16.8. The van der Waals surface area contributed by atoms with Crippen molar-refractivity contribution in [2.24, 2.45) is 0 Å². The van der Waals surface area contributed by atoms with Gasteiger partial charge in [0.25, 0.3) is 5.91 Å². The molecule has 1 aliphatic heterocycles. The maximum absolute atomic E-state index is 12.0. The lowest BCUT2D eigenvalue weighted by Crippen LogP contribution is -2.36. The molecule has 0 saturated carbocycles. The molecule has 0 atom stereocenters. The van der Waals surface area contributed by atoms with Crippen LogP contribution in [0.3, 0.4) is 0 Å². The van der Waals surface area contributed by atoms with Crippen LogP contribution in [0.4, 0.5) is 9.80 Å². The van der Waals surface area contributed by atoms with Crippen molar-refractivity contribution in [3.8, 4) is 0 Å². The number of aromatic nitrogens is 1. The number of rotatable bonds is 2. The molecule has 0 radical (unpaired) electrons. The highest BCUT2D eigenvalue weighted by Crippen LogP contribution is 2.29. The molecule has 16 heavy (non-hydrogen) atoms. The van der Waals surface area contributed by atoms with Crippen molar-refractivity contribution in [1.29, 1.82) is 0 Å². The first-order valence-electron chi connectivity index (χ1n) is 5.06. The largest absolute Gasteiger partial charge is 0.332 e. The van der Waals surface area contributed by atoms with Crippen molar-refractivity contribution < 1.29 is 9.59 Å². The second-order valence-electron chi connectivity index (χ2n) is 3.98. The number of hydrogen-bond donors (Lipinski definition) is 0. The number of amides is 3. The zero-order valence-corrected chi connectivity index (χ0v) is 10.2. The Labute approximate surface area is 97.7 Å². The maximum atomic E-state index is 12.0. The van der Waals surface area contributed by atoms with Crippen LogP contribution in [0.25, 0.3) is 0 Å². The first kappa shape index (κ1) is 11.1. The molecular formula is C10H13N3O2S. The van der Waals surface area contributed by atoms with Crippen LogP contribution in [0.15, 0.2) is 5.51 Å². The molecule has 5 nitrogen and oxygen atoms in total. The summed E-state index contributed by atoms with van der Waals surface area (Å²) in [6, 6.07) is -0.206. The Morgan fingerprint density at radius 3 is 2.56 bits per heavy atom. The standard InChI is InChI=1S/C10H13N3O2S/c1-6(2)12-4-8(14)13(10(12)15)9-7(3)11-5-16-9/h5-6H,4H2,1-3H3. The first-order valence-corrected chi connectivity index (χ1v) is 5.94. The number of hydrogen-bond acceptors (Lipinski definition) is 4. The summed E-state index contributed by atoms with van der Waals surface area (Å²) in [5, 5.41) is 0.637. The summed E-state index contributed by atoms with van der Waals surface area (Å²) in [7, 11) is 0. The summed E-state index contributed by atoms with van der Waals surface area (Å²) >= 11 is 1.31. The number of anilines is 1. The van der Waals surface area contributed by atoms with E-state index in [9.17, 15) is 9.59 Å². The van der Waals surface area contributed by atoms with Gasteiger partial charge < -0.3 is 4.90 Å². The van der Waals surface area contributed by atoms with Crippen LogP contribution in [0.5, 0.6) is 0 Å². The monoisotopic (exact) mass is 239 g/mol. The van der Waals surface area contributed by atoms with E-state index >= 15 is 0 Å². The lowest BCUT2D eigenvalue weighted by molar-refractivity contribution is -0.116. The molecule has 6 heteroatoms. The quantitative estimate of drug-likeness (QED) is 0.737. The zero-order chi connectivity index (χ0) is 11.9. The van der Waals surface area contributed by atoms with Crippen molar-refractivity contribution in [3.05, 3.63) is 11.2 Å². The van der Waals surface area contributed by atoms with Crippen LogP contribution < -0.4 is 4.90 Å². The minimum absolute atomic E-state index is 0.0367. The minimum Gasteiger partial charge on any atom is -0.312 e. The van der Waals surface area contributed by atoms with Gasteiger partial charge in [-0.3, -0.25) is 4.79 Å². The van der Waals surface area contributed by atoms with Crippen LogP contribution in [0.2, 0.25) is 0 Å². The van der Waals surface area contributed by atoms with E-state index in [1.807, 2.05) is 13.8 Å². The van der Waals surface area contributed by atoms with Gasteiger partial charge in [-0.25, -0.2) is 14.7 Å². The molecule has 1 fully saturated rings. The molecule has 1 aromatic rings. The van der Waals surface area contributed by atoms with E-state index in [1.54, 1.807) is 17.3 Å². The second kappa shape index (κ2) is 3.86. The molecule has 1 saturated heterocycles. The number of carbonyl (C=O) groups excluding carboxylic acids is 2. The Balaban J connectivity index is 2.34. The van der Waals surface area contributed by atoms with Gasteiger partial charge in [0, 0.05) is 6.04 Å². The van der Waals surface area contributed by atoms with Gasteiger partial charge in [-0.1, -0.05) is 0 Å². The van der Waals surface area contributed by atoms with Crippen molar-refractivity contribution in [2.75, 3.05) is 11.4 Å². The lowest BCUT2D eigenvalue weighted by Gasteiger charge is -2.19. The third-order valence-electron chi connectivity index (χ3n) is 2.54. The number of carbonyl (C=O) groups is 2. The molecule has 86 valence electrons. The van der Waals surface area contributed by atoms with Gasteiger partial charge in [0.2, 0.25) is 0 Å². The predicted octanol–water partition coefficient (Wildman–Crippen LogP) is 1.63. The predicted molar refractivity (Wildman–Crippen MR) is 61.6 cm³/mol. The Kier molecular flexibility index (Phi) is 2.67. The summed E-state index contributed by atoms with van der Waals surface area (Å²) in [6.45, 7) is 5.75. The summed E-state index contributed by atoms with van der Waals surface area (Å²) < 4.78 is 0. The third kappa shape index (κ3) is 1.59. The fourth-order valence-corrected chi connectivity index (χ4v) is 2.45. The number of urea groups is 1. The van der Waals surface area contributed by atoms with E-state index in [0.29, 0.717) is 5.00 Å². The first-order chi connectivity index (χ1) is 7.52. The summed E-state index contributed by atoms with van der Waals surface area (Å²) in [5.74, 6) is -0.175. The highest BCUT2D eigenvalue weighted by atomic mass is 32.1. The molecule has 0 aliphatic carbocycles. The van der Waals surface area contributed by atoms with Crippen molar-refractivity contribution in [2.45, 2.75) is 26.8 Å². The molecule has 3 amide bonds. The van der Waals surface area contributed by atoms with Gasteiger partial charge in [0.05, 0.1) is 11.2 Å². The fourth-order valence-electron chi connectivity index (χ4n) is 1.63. The topological polar surface area (TPSA) is 53.5 Å². The van der Waals surface area contributed by atoms with Crippen LogP contribution >= 0.6 is 11.3 Å². The van der Waals surface area contributed by atoms with E-state index in [4.69, 9.17) is 0 Å². The number of aryl methyl sites for hydroxylation is 1. The second-order valence-corrected chi connectivity index (χ2v) is 4.81. The van der Waals surface area contributed by atoms with Crippen molar-refractivity contribution >= 4 is 28.3 Å². The summed E-state index contributed by atoms with van der Waals surface area (Å²) in [5.41, 5.74) is 2.36. The van der Waals surface area contributed by atoms with E-state index in [0.717, 1.165) is 5.69 Å². The smallest absolute Gasteiger partial charge is 0.312 e.